The average molecular weight is 564 g/mol. The molecular weight excluding hydrogens is 522 g/mol. The van der Waals surface area contributed by atoms with E-state index >= 15 is 0 Å². The summed E-state index contributed by atoms with van der Waals surface area (Å²) in [7, 11) is 6.72. The molecule has 0 spiro atoms. The van der Waals surface area contributed by atoms with Crippen LogP contribution in [0.2, 0.25) is 0 Å². The van der Waals surface area contributed by atoms with Gasteiger partial charge in [0, 0.05) is 51.4 Å². The van der Waals surface area contributed by atoms with E-state index in [0.29, 0.717) is 19.3 Å². The maximum Gasteiger partial charge on any atom is 0.257 e. The van der Waals surface area contributed by atoms with E-state index in [1.807, 2.05) is 73.8 Å². The topological polar surface area (TPSA) is 99.0 Å². The number of carbonyl (C=O) groups excluding carboxylic acids is 3. The number of hydrazine groups is 1. The summed E-state index contributed by atoms with van der Waals surface area (Å²) in [5.74, 6) is -0.908. The molecule has 2 atom stereocenters. The lowest BCUT2D eigenvalue weighted by atomic mass is 9.99. The molecule has 0 saturated heterocycles. The minimum Gasteiger partial charge on any atom is -0.332 e. The van der Waals surface area contributed by atoms with Crippen LogP contribution < -0.4 is 11.2 Å². The van der Waals surface area contributed by atoms with E-state index in [1.165, 1.54) is 27.2 Å². The van der Waals surface area contributed by atoms with Gasteiger partial charge in [-0.05, 0) is 54.1 Å². The van der Waals surface area contributed by atoms with Gasteiger partial charge in [-0.2, -0.15) is 0 Å². The summed E-state index contributed by atoms with van der Waals surface area (Å²) in [5, 5.41) is 5.66. The Balaban J connectivity index is 1.94. The first-order valence-electron chi connectivity index (χ1n) is 13.3. The van der Waals surface area contributed by atoms with Gasteiger partial charge in [-0.25, -0.2) is 5.01 Å². The number of rotatable bonds is 12. The van der Waals surface area contributed by atoms with Crippen molar-refractivity contribution in [2.24, 2.45) is 5.73 Å². The van der Waals surface area contributed by atoms with Gasteiger partial charge in [-0.15, -0.1) is 11.3 Å². The standard InChI is InChI=1S/C31H41N5O3S/c1-31(2,32)17-9-14-28(37)35(5)27(20-22-15-16-23-11-7-8-12-24(23)19-22)30(39)36(6)26(29(38)33-34(3)4)21-25-13-10-18-40-25/h7-16,18-19,26-27H,17,20-21,32H2,1-6H3,(H,33,38)/t26-,27?/m1/s1. The molecule has 3 aromatic rings. The van der Waals surface area contributed by atoms with Crippen LogP contribution in [-0.4, -0.2) is 78.3 Å². The summed E-state index contributed by atoms with van der Waals surface area (Å²) in [6.07, 6.45) is 4.39. The maximum absolute atomic E-state index is 14.1. The number of nitrogens with zero attached hydrogens (tertiary/aromatic N) is 3. The molecule has 3 rings (SSSR count). The molecule has 0 bridgehead atoms. The predicted octanol–water partition coefficient (Wildman–Crippen LogP) is 3.62. The molecule has 9 heteroatoms. The van der Waals surface area contributed by atoms with Crippen molar-refractivity contribution >= 4 is 39.8 Å². The van der Waals surface area contributed by atoms with Gasteiger partial charge in [0.05, 0.1) is 0 Å². The van der Waals surface area contributed by atoms with Gasteiger partial charge in [-0.3, -0.25) is 19.8 Å². The minimum absolute atomic E-state index is 0.294. The molecule has 2 aromatic carbocycles. The SMILES string of the molecule is CN(C)NC(=O)[C@@H](Cc1cccs1)N(C)C(=O)C(Cc1ccc2ccccc2c1)N(C)C(=O)C=CCC(C)(C)N. The number of amides is 3. The van der Waals surface area contributed by atoms with E-state index in [1.54, 1.807) is 39.3 Å². The van der Waals surface area contributed by atoms with Crippen molar-refractivity contribution in [1.29, 1.82) is 0 Å². The third-order valence-corrected chi connectivity index (χ3v) is 7.57. The van der Waals surface area contributed by atoms with Crippen molar-refractivity contribution in [1.82, 2.24) is 20.2 Å². The third kappa shape index (κ3) is 8.74. The molecular formula is C31H41N5O3S. The van der Waals surface area contributed by atoms with Crippen LogP contribution in [0.1, 0.15) is 30.7 Å². The summed E-state index contributed by atoms with van der Waals surface area (Å²) in [4.78, 5) is 44.6. The third-order valence-electron chi connectivity index (χ3n) is 6.67. The number of nitrogens with one attached hydrogen (secondary N) is 1. The largest absolute Gasteiger partial charge is 0.332 e. The monoisotopic (exact) mass is 563 g/mol. The Morgan fingerprint density at radius 2 is 1.62 bits per heavy atom. The average Bonchev–Trinajstić information content (AvgIpc) is 3.41. The van der Waals surface area contributed by atoms with E-state index in [4.69, 9.17) is 5.73 Å². The number of hydrogen-bond acceptors (Lipinski definition) is 6. The van der Waals surface area contributed by atoms with Crippen LogP contribution in [0, 0.1) is 0 Å². The van der Waals surface area contributed by atoms with Crippen LogP contribution in [0.5, 0.6) is 0 Å². The van der Waals surface area contributed by atoms with Crippen molar-refractivity contribution in [2.75, 3.05) is 28.2 Å². The molecule has 8 nitrogen and oxygen atoms in total. The van der Waals surface area contributed by atoms with Crippen LogP contribution in [0.3, 0.4) is 0 Å². The van der Waals surface area contributed by atoms with Gasteiger partial charge in [-0.1, -0.05) is 54.6 Å². The normalized spacial score (nSPS) is 13.4. The van der Waals surface area contributed by atoms with E-state index in [9.17, 15) is 14.4 Å². The fourth-order valence-electron chi connectivity index (χ4n) is 4.42. The zero-order valence-electron chi connectivity index (χ0n) is 24.3. The molecule has 0 aliphatic rings. The molecule has 3 N–H and O–H groups in total. The lowest BCUT2D eigenvalue weighted by Crippen LogP contribution is -2.57. The van der Waals surface area contributed by atoms with Crippen molar-refractivity contribution in [3.05, 3.63) is 82.6 Å². The zero-order chi connectivity index (χ0) is 29.4. The van der Waals surface area contributed by atoms with Crippen molar-refractivity contribution in [2.45, 2.75) is 50.7 Å². The Kier molecular flexibility index (Phi) is 10.6. The second kappa shape index (κ2) is 13.7. The van der Waals surface area contributed by atoms with Crippen LogP contribution in [0.25, 0.3) is 10.8 Å². The highest BCUT2D eigenvalue weighted by molar-refractivity contribution is 7.09. The van der Waals surface area contributed by atoms with Crippen LogP contribution in [-0.2, 0) is 27.2 Å². The number of likely N-dealkylation sites (N-methyl/N-ethyl adjacent to an activating group) is 2. The van der Waals surface area contributed by atoms with Crippen molar-refractivity contribution in [3.63, 3.8) is 0 Å². The minimum atomic E-state index is -0.827. The van der Waals surface area contributed by atoms with Crippen LogP contribution in [0.15, 0.2) is 72.1 Å². The summed E-state index contributed by atoms with van der Waals surface area (Å²) < 4.78 is 0. The van der Waals surface area contributed by atoms with Gasteiger partial charge in [0.2, 0.25) is 11.8 Å². The highest BCUT2D eigenvalue weighted by Crippen LogP contribution is 2.21. The van der Waals surface area contributed by atoms with E-state index in [2.05, 4.69) is 5.43 Å². The molecule has 3 amide bonds. The summed E-state index contributed by atoms with van der Waals surface area (Å²) in [6, 6.07) is 16.3. The van der Waals surface area contributed by atoms with Crippen molar-refractivity contribution in [3.8, 4) is 0 Å². The number of carbonyl (C=O) groups is 3. The Morgan fingerprint density at radius 3 is 2.25 bits per heavy atom. The summed E-state index contributed by atoms with van der Waals surface area (Å²) >= 11 is 1.54. The molecule has 1 unspecified atom stereocenters. The first kappa shape index (κ1) is 31.0. The molecule has 0 aliphatic carbocycles. The second-order valence-electron chi connectivity index (χ2n) is 11.1. The first-order chi connectivity index (χ1) is 18.9. The molecule has 0 radical (unpaired) electrons. The Bertz CT molecular complexity index is 1330. The van der Waals surface area contributed by atoms with Crippen LogP contribution >= 0.6 is 11.3 Å². The molecule has 1 aromatic heterocycles. The number of nitrogens with two attached hydrogens (primary N) is 1. The van der Waals surface area contributed by atoms with Gasteiger partial charge in [0.15, 0.2) is 0 Å². The highest BCUT2D eigenvalue weighted by atomic mass is 32.1. The fraction of sp³-hybridized carbons (Fsp3) is 0.387. The Hall–Kier alpha value is -3.53. The zero-order valence-corrected chi connectivity index (χ0v) is 25.1. The molecule has 214 valence electrons. The highest BCUT2D eigenvalue weighted by Gasteiger charge is 2.35. The van der Waals surface area contributed by atoms with Crippen LogP contribution in [0.4, 0.5) is 0 Å². The van der Waals surface area contributed by atoms with Gasteiger partial charge >= 0.3 is 0 Å². The quantitative estimate of drug-likeness (QED) is 0.259. The number of benzene rings is 2. The van der Waals surface area contributed by atoms with Gasteiger partial charge in [0.25, 0.3) is 5.91 Å². The maximum atomic E-state index is 14.1. The summed E-state index contributed by atoms with van der Waals surface area (Å²) in [6.45, 7) is 3.78. The van der Waals surface area contributed by atoms with E-state index < -0.39 is 17.6 Å². The summed E-state index contributed by atoms with van der Waals surface area (Å²) in [5.41, 5.74) is 9.33. The predicted molar refractivity (Wildman–Crippen MR) is 163 cm³/mol. The molecule has 1 heterocycles. The number of hydrogen-bond donors (Lipinski definition) is 2. The molecule has 0 saturated carbocycles. The lowest BCUT2D eigenvalue weighted by molar-refractivity contribution is -0.147. The van der Waals surface area contributed by atoms with E-state index in [0.717, 1.165) is 21.2 Å². The number of fused-ring (bicyclic) bond motifs is 1. The second-order valence-corrected chi connectivity index (χ2v) is 12.1. The van der Waals surface area contributed by atoms with Crippen molar-refractivity contribution < 1.29 is 14.4 Å². The smallest absolute Gasteiger partial charge is 0.257 e. The lowest BCUT2D eigenvalue weighted by Gasteiger charge is -2.34. The molecule has 0 aliphatic heterocycles. The number of thiophene rings is 1. The first-order valence-corrected chi connectivity index (χ1v) is 14.2. The Morgan fingerprint density at radius 1 is 0.925 bits per heavy atom. The molecule has 0 fully saturated rings. The fourth-order valence-corrected chi connectivity index (χ4v) is 5.17. The van der Waals surface area contributed by atoms with Gasteiger partial charge < -0.3 is 15.5 Å². The Labute approximate surface area is 241 Å². The molecule has 40 heavy (non-hydrogen) atoms. The van der Waals surface area contributed by atoms with E-state index in [-0.39, 0.29) is 17.7 Å². The van der Waals surface area contributed by atoms with Gasteiger partial charge in [0.1, 0.15) is 12.1 Å².